The minimum atomic E-state index is -1.09. The molecule has 7 heteroatoms. The van der Waals surface area contributed by atoms with Gasteiger partial charge in [-0.05, 0) is 30.3 Å². The van der Waals surface area contributed by atoms with Crippen molar-refractivity contribution < 1.29 is 14.6 Å². The second-order valence-electron chi connectivity index (χ2n) is 4.25. The van der Waals surface area contributed by atoms with Gasteiger partial charge in [0.2, 0.25) is 0 Å². The molecule has 2 aromatic heterocycles. The van der Waals surface area contributed by atoms with E-state index in [1.165, 1.54) is 29.8 Å². The van der Waals surface area contributed by atoms with Gasteiger partial charge in [-0.15, -0.1) is 0 Å². The van der Waals surface area contributed by atoms with Crippen LogP contribution in [-0.4, -0.2) is 57.1 Å². The Morgan fingerprint density at radius 2 is 2.05 bits per heavy atom. The molecule has 102 valence electrons. The van der Waals surface area contributed by atoms with Gasteiger partial charge in [-0.25, -0.2) is 9.78 Å². The van der Waals surface area contributed by atoms with E-state index in [9.17, 15) is 9.59 Å². The predicted molar refractivity (Wildman–Crippen MR) is 79.6 cm³/mol. The summed E-state index contributed by atoms with van der Waals surface area (Å²) in [7, 11) is 1.51. The van der Waals surface area contributed by atoms with Crippen LogP contribution in [0.2, 0.25) is 0 Å². The number of carboxylic acids is 1. The molecule has 0 atom stereocenters. The van der Waals surface area contributed by atoms with Crippen molar-refractivity contribution in [3.05, 3.63) is 52.4 Å². The molecule has 0 unspecified atom stereocenters. The van der Waals surface area contributed by atoms with Crippen molar-refractivity contribution in [2.75, 3.05) is 7.11 Å². The second kappa shape index (κ2) is 5.85. The summed E-state index contributed by atoms with van der Waals surface area (Å²) in [6.45, 7) is 0. The monoisotopic (exact) mass is 294 g/mol. The first kappa shape index (κ1) is 15.5. The molecule has 0 saturated carbocycles. The molecule has 21 heavy (non-hydrogen) atoms. The molecule has 0 saturated heterocycles. The van der Waals surface area contributed by atoms with E-state index in [0.717, 1.165) is 0 Å². The first-order valence-corrected chi connectivity index (χ1v) is 5.83. The third-order valence-electron chi connectivity index (χ3n) is 3.06. The topological polar surface area (TPSA) is 80.9 Å². The van der Waals surface area contributed by atoms with Crippen molar-refractivity contribution in [2.45, 2.75) is 0 Å². The molecule has 6 nitrogen and oxygen atoms in total. The van der Waals surface area contributed by atoms with Gasteiger partial charge in [0, 0.05) is 6.20 Å². The Morgan fingerprint density at radius 3 is 2.71 bits per heavy atom. The van der Waals surface area contributed by atoms with Crippen LogP contribution in [0.25, 0.3) is 16.6 Å². The first-order valence-electron chi connectivity index (χ1n) is 5.83. The Labute approximate surface area is 141 Å². The van der Waals surface area contributed by atoms with E-state index in [-0.39, 0.29) is 40.7 Å². The average Bonchev–Trinajstić information content (AvgIpc) is 2.47. The standard InChI is InChI=1S/C14H10N2O4.Na.H/c1-20-9-3-4-11-10(6-9)13(17)16-7-8(14(18)19)2-5-12(16)15-11;;/h2-7H,1H3,(H,18,19);;. The van der Waals surface area contributed by atoms with E-state index < -0.39 is 5.97 Å². The minimum absolute atomic E-state index is 0. The zero-order valence-corrected chi connectivity index (χ0v) is 10.5. The maximum atomic E-state index is 12.4. The van der Waals surface area contributed by atoms with Gasteiger partial charge in [0.15, 0.2) is 0 Å². The molecule has 1 aromatic carbocycles. The molecule has 0 spiro atoms. The number of aromatic nitrogens is 2. The molecule has 3 rings (SSSR count). The number of hydrogen-bond acceptors (Lipinski definition) is 4. The summed E-state index contributed by atoms with van der Waals surface area (Å²) in [6.07, 6.45) is 1.27. The van der Waals surface area contributed by atoms with Gasteiger partial charge in [0.05, 0.1) is 23.6 Å². The predicted octanol–water partition coefficient (Wildman–Crippen LogP) is 0.906. The van der Waals surface area contributed by atoms with E-state index in [4.69, 9.17) is 9.84 Å². The number of hydrogen-bond donors (Lipinski definition) is 1. The summed E-state index contributed by atoms with van der Waals surface area (Å²) in [6, 6.07) is 7.93. The van der Waals surface area contributed by atoms with Crippen molar-refractivity contribution in [3.63, 3.8) is 0 Å². The molecular weight excluding hydrogens is 283 g/mol. The van der Waals surface area contributed by atoms with Crippen LogP contribution < -0.4 is 10.3 Å². The van der Waals surface area contributed by atoms with Crippen molar-refractivity contribution in [1.82, 2.24) is 9.38 Å². The summed E-state index contributed by atoms with van der Waals surface area (Å²) in [5, 5.41) is 9.35. The summed E-state index contributed by atoms with van der Waals surface area (Å²) in [5.74, 6) is -0.546. The van der Waals surface area contributed by atoms with Gasteiger partial charge in [-0.1, -0.05) is 0 Å². The Kier molecular flexibility index (Phi) is 4.32. The van der Waals surface area contributed by atoms with Crippen molar-refractivity contribution in [2.24, 2.45) is 0 Å². The number of carbonyl (C=O) groups is 1. The summed E-state index contributed by atoms with van der Waals surface area (Å²) >= 11 is 0. The zero-order valence-electron chi connectivity index (χ0n) is 10.5. The molecule has 2 heterocycles. The third kappa shape index (κ3) is 2.65. The van der Waals surface area contributed by atoms with Crippen LogP contribution in [0.15, 0.2) is 41.3 Å². The number of benzene rings is 1. The fourth-order valence-corrected chi connectivity index (χ4v) is 2.04. The average molecular weight is 294 g/mol. The second-order valence-corrected chi connectivity index (χ2v) is 4.25. The van der Waals surface area contributed by atoms with E-state index in [2.05, 4.69) is 4.98 Å². The van der Waals surface area contributed by atoms with Crippen LogP contribution in [-0.2, 0) is 0 Å². The first-order chi connectivity index (χ1) is 9.60. The summed E-state index contributed by atoms with van der Waals surface area (Å²) in [4.78, 5) is 27.7. The van der Waals surface area contributed by atoms with E-state index >= 15 is 0 Å². The van der Waals surface area contributed by atoms with Crippen molar-refractivity contribution >= 4 is 52.1 Å². The van der Waals surface area contributed by atoms with Crippen LogP contribution in [0.3, 0.4) is 0 Å². The molecule has 0 radical (unpaired) electrons. The van der Waals surface area contributed by atoms with E-state index in [1.807, 2.05) is 0 Å². The zero-order chi connectivity index (χ0) is 14.3. The summed E-state index contributed by atoms with van der Waals surface area (Å²) in [5.41, 5.74) is 0.646. The van der Waals surface area contributed by atoms with Crippen LogP contribution in [0, 0.1) is 0 Å². The summed E-state index contributed by atoms with van der Waals surface area (Å²) < 4.78 is 6.31. The molecule has 0 aliphatic rings. The number of ether oxygens (including phenoxy) is 1. The molecular formula is C14H11N2NaO4. The van der Waals surface area contributed by atoms with Crippen molar-refractivity contribution in [1.29, 1.82) is 0 Å². The van der Waals surface area contributed by atoms with E-state index in [0.29, 0.717) is 22.3 Å². The SMILES string of the molecule is COc1ccc2nc3ccc(C(=O)O)cn3c(=O)c2c1.[NaH]. The normalized spacial score (nSPS) is 10.3. The van der Waals surface area contributed by atoms with Gasteiger partial charge < -0.3 is 9.84 Å². The Bertz CT molecular complexity index is 904. The number of carboxylic acid groups (broad SMARTS) is 1. The number of pyridine rings is 1. The molecule has 0 aliphatic carbocycles. The number of fused-ring (bicyclic) bond motifs is 2. The number of aromatic carboxylic acids is 1. The fraction of sp³-hybridized carbons (Fsp3) is 0.0714. The van der Waals surface area contributed by atoms with Crippen LogP contribution in [0.4, 0.5) is 0 Å². The molecule has 0 fully saturated rings. The molecule has 1 N–H and O–H groups in total. The number of rotatable bonds is 2. The van der Waals surface area contributed by atoms with Crippen molar-refractivity contribution in [3.8, 4) is 5.75 Å². The Hall–Kier alpha value is -1.89. The quantitative estimate of drug-likeness (QED) is 0.561. The van der Waals surface area contributed by atoms with Gasteiger partial charge in [0.1, 0.15) is 11.4 Å². The third-order valence-corrected chi connectivity index (χ3v) is 3.06. The molecule has 0 bridgehead atoms. The Balaban J connectivity index is 0.00000161. The van der Waals surface area contributed by atoms with Gasteiger partial charge >= 0.3 is 35.5 Å². The van der Waals surface area contributed by atoms with Crippen LogP contribution >= 0.6 is 0 Å². The molecule has 0 aliphatic heterocycles. The molecule has 3 aromatic rings. The molecule has 0 amide bonds. The Morgan fingerprint density at radius 1 is 1.29 bits per heavy atom. The van der Waals surface area contributed by atoms with Crippen LogP contribution in [0.1, 0.15) is 10.4 Å². The van der Waals surface area contributed by atoms with Gasteiger partial charge in [0.25, 0.3) is 5.56 Å². The number of nitrogens with zero attached hydrogens (tertiary/aromatic N) is 2. The maximum absolute atomic E-state index is 12.4. The van der Waals surface area contributed by atoms with Gasteiger partial charge in [-0.3, -0.25) is 9.20 Å². The van der Waals surface area contributed by atoms with Crippen LogP contribution in [0.5, 0.6) is 5.75 Å². The fourth-order valence-electron chi connectivity index (χ4n) is 2.04. The van der Waals surface area contributed by atoms with Gasteiger partial charge in [-0.2, -0.15) is 0 Å². The van der Waals surface area contributed by atoms with E-state index in [1.54, 1.807) is 18.2 Å². The number of methoxy groups -OCH3 is 1.